The molecule has 24 heavy (non-hydrogen) atoms. The quantitative estimate of drug-likeness (QED) is 0.839. The molecule has 1 saturated carbocycles. The van der Waals surface area contributed by atoms with Gasteiger partial charge in [0.25, 0.3) is 0 Å². The summed E-state index contributed by atoms with van der Waals surface area (Å²) in [4.78, 5) is 38.0. The fourth-order valence-electron chi connectivity index (χ4n) is 3.81. The van der Waals surface area contributed by atoms with Gasteiger partial charge in [-0.05, 0) is 37.3 Å². The number of carbonyl (C=O) groups excluding carboxylic acids is 3. The van der Waals surface area contributed by atoms with Crippen LogP contribution in [0.2, 0.25) is 0 Å². The summed E-state index contributed by atoms with van der Waals surface area (Å²) in [6.07, 6.45) is 4.29. The SMILES string of the molecule is Cc1ccccc1CCNC(=O)CN1C(=O)[C@H]2CCCC[C@@H]2C1=O. The fourth-order valence-corrected chi connectivity index (χ4v) is 3.81. The number of nitrogens with one attached hydrogen (secondary N) is 1. The molecule has 0 spiro atoms. The first-order chi connectivity index (χ1) is 11.6. The summed E-state index contributed by atoms with van der Waals surface area (Å²) in [7, 11) is 0. The van der Waals surface area contributed by atoms with Crippen LogP contribution >= 0.6 is 0 Å². The molecule has 0 aromatic heterocycles. The normalized spacial score (nSPS) is 23.3. The molecule has 2 aliphatic rings. The summed E-state index contributed by atoms with van der Waals surface area (Å²) in [5.74, 6) is -0.946. The molecule has 1 aliphatic carbocycles. The van der Waals surface area contributed by atoms with Crippen LogP contribution in [0.1, 0.15) is 36.8 Å². The van der Waals surface area contributed by atoms with Gasteiger partial charge in [0, 0.05) is 6.54 Å². The van der Waals surface area contributed by atoms with Crippen LogP contribution in [-0.2, 0) is 20.8 Å². The zero-order chi connectivity index (χ0) is 17.1. The Morgan fingerprint density at radius 3 is 2.38 bits per heavy atom. The third-order valence-corrected chi connectivity index (χ3v) is 5.21. The summed E-state index contributed by atoms with van der Waals surface area (Å²) < 4.78 is 0. The molecule has 2 atom stereocenters. The highest BCUT2D eigenvalue weighted by molar-refractivity contribution is 6.07. The number of hydrogen-bond donors (Lipinski definition) is 1. The molecule has 3 amide bonds. The zero-order valence-corrected chi connectivity index (χ0v) is 14.1. The van der Waals surface area contributed by atoms with E-state index in [9.17, 15) is 14.4 Å². The standard InChI is InChI=1S/C19H24N2O3/c1-13-6-2-3-7-14(13)10-11-20-17(22)12-21-18(23)15-8-4-5-9-16(15)19(21)24/h2-3,6-7,15-16H,4-5,8-12H2,1H3,(H,20,22)/t15-,16-/m0/s1. The molecule has 0 radical (unpaired) electrons. The number of rotatable bonds is 5. The van der Waals surface area contributed by atoms with Crippen molar-refractivity contribution in [2.24, 2.45) is 11.8 Å². The summed E-state index contributed by atoms with van der Waals surface area (Å²) >= 11 is 0. The maximum atomic E-state index is 12.4. The van der Waals surface area contributed by atoms with E-state index in [-0.39, 0.29) is 36.1 Å². The number of nitrogens with zero attached hydrogens (tertiary/aromatic N) is 1. The van der Waals surface area contributed by atoms with Crippen molar-refractivity contribution in [2.75, 3.05) is 13.1 Å². The number of aryl methyl sites for hydroxylation is 1. The average Bonchev–Trinajstić information content (AvgIpc) is 2.82. The minimum absolute atomic E-state index is 0.140. The minimum atomic E-state index is -0.260. The molecular formula is C19H24N2O3. The molecule has 128 valence electrons. The van der Waals surface area contributed by atoms with Crippen LogP contribution in [0.5, 0.6) is 0 Å². The van der Waals surface area contributed by atoms with E-state index in [2.05, 4.69) is 5.32 Å². The largest absolute Gasteiger partial charge is 0.354 e. The third-order valence-electron chi connectivity index (χ3n) is 5.21. The van der Waals surface area contributed by atoms with E-state index in [1.807, 2.05) is 31.2 Å². The Bertz CT molecular complexity index is 632. The molecule has 1 aliphatic heterocycles. The van der Waals surface area contributed by atoms with Crippen molar-refractivity contribution in [3.05, 3.63) is 35.4 Å². The van der Waals surface area contributed by atoms with Crippen molar-refractivity contribution in [3.63, 3.8) is 0 Å². The van der Waals surface area contributed by atoms with Gasteiger partial charge in [0.05, 0.1) is 11.8 Å². The van der Waals surface area contributed by atoms with Crippen LogP contribution < -0.4 is 5.32 Å². The third kappa shape index (κ3) is 3.35. The Labute approximate surface area is 142 Å². The van der Waals surface area contributed by atoms with Gasteiger partial charge in [-0.1, -0.05) is 37.1 Å². The summed E-state index contributed by atoms with van der Waals surface area (Å²) in [6, 6.07) is 8.05. The van der Waals surface area contributed by atoms with E-state index < -0.39 is 0 Å². The van der Waals surface area contributed by atoms with E-state index in [1.54, 1.807) is 0 Å². The van der Waals surface area contributed by atoms with Gasteiger partial charge in [-0.15, -0.1) is 0 Å². The fraction of sp³-hybridized carbons (Fsp3) is 0.526. The van der Waals surface area contributed by atoms with E-state index in [0.29, 0.717) is 6.54 Å². The Morgan fingerprint density at radius 2 is 1.75 bits per heavy atom. The molecular weight excluding hydrogens is 304 g/mol. The van der Waals surface area contributed by atoms with E-state index in [0.717, 1.165) is 32.1 Å². The minimum Gasteiger partial charge on any atom is -0.354 e. The Balaban J connectivity index is 1.51. The molecule has 1 aromatic carbocycles. The molecule has 0 bridgehead atoms. The number of amides is 3. The van der Waals surface area contributed by atoms with Crippen molar-refractivity contribution in [1.29, 1.82) is 0 Å². The van der Waals surface area contributed by atoms with Gasteiger partial charge in [-0.2, -0.15) is 0 Å². The highest BCUT2D eigenvalue weighted by atomic mass is 16.2. The van der Waals surface area contributed by atoms with E-state index >= 15 is 0 Å². The van der Waals surface area contributed by atoms with Gasteiger partial charge in [-0.3, -0.25) is 19.3 Å². The number of imide groups is 1. The van der Waals surface area contributed by atoms with Gasteiger partial charge in [0.2, 0.25) is 17.7 Å². The Hall–Kier alpha value is -2.17. The number of fused-ring (bicyclic) bond motifs is 1. The highest BCUT2D eigenvalue weighted by Gasteiger charge is 2.48. The maximum Gasteiger partial charge on any atom is 0.240 e. The molecule has 2 fully saturated rings. The molecule has 5 heteroatoms. The molecule has 1 N–H and O–H groups in total. The van der Waals surface area contributed by atoms with Gasteiger partial charge < -0.3 is 5.32 Å². The van der Waals surface area contributed by atoms with Gasteiger partial charge >= 0.3 is 0 Å². The number of benzene rings is 1. The number of carbonyl (C=O) groups is 3. The lowest BCUT2D eigenvalue weighted by atomic mass is 9.81. The molecule has 1 aromatic rings. The van der Waals surface area contributed by atoms with E-state index in [4.69, 9.17) is 0 Å². The number of likely N-dealkylation sites (tertiary alicyclic amines) is 1. The van der Waals surface area contributed by atoms with Gasteiger partial charge in [0.15, 0.2) is 0 Å². The lowest BCUT2D eigenvalue weighted by Crippen LogP contribution is -2.41. The van der Waals surface area contributed by atoms with Crippen molar-refractivity contribution < 1.29 is 14.4 Å². The topological polar surface area (TPSA) is 66.5 Å². The first-order valence-electron chi connectivity index (χ1n) is 8.74. The van der Waals surface area contributed by atoms with Crippen molar-refractivity contribution in [1.82, 2.24) is 10.2 Å². The lowest BCUT2D eigenvalue weighted by Gasteiger charge is -2.19. The molecule has 1 heterocycles. The molecule has 0 unspecified atom stereocenters. The Morgan fingerprint density at radius 1 is 1.12 bits per heavy atom. The summed E-state index contributed by atoms with van der Waals surface area (Å²) in [5, 5.41) is 2.82. The van der Waals surface area contributed by atoms with Crippen molar-refractivity contribution in [2.45, 2.75) is 39.0 Å². The zero-order valence-electron chi connectivity index (χ0n) is 14.1. The molecule has 5 nitrogen and oxygen atoms in total. The maximum absolute atomic E-state index is 12.4. The highest BCUT2D eigenvalue weighted by Crippen LogP contribution is 2.37. The van der Waals surface area contributed by atoms with Crippen LogP contribution in [-0.4, -0.2) is 35.7 Å². The second-order valence-corrected chi connectivity index (χ2v) is 6.79. The molecule has 3 rings (SSSR count). The number of hydrogen-bond acceptors (Lipinski definition) is 3. The Kier molecular flexibility index (Phi) is 4.97. The smallest absolute Gasteiger partial charge is 0.240 e. The first-order valence-corrected chi connectivity index (χ1v) is 8.74. The second kappa shape index (κ2) is 7.16. The van der Waals surface area contributed by atoms with Crippen LogP contribution in [0.4, 0.5) is 0 Å². The van der Waals surface area contributed by atoms with Crippen molar-refractivity contribution in [3.8, 4) is 0 Å². The first kappa shape index (κ1) is 16.7. The average molecular weight is 328 g/mol. The summed E-state index contributed by atoms with van der Waals surface area (Å²) in [6.45, 7) is 2.41. The van der Waals surface area contributed by atoms with E-state index in [1.165, 1.54) is 16.0 Å². The lowest BCUT2D eigenvalue weighted by molar-refractivity contribution is -0.143. The summed E-state index contributed by atoms with van der Waals surface area (Å²) in [5.41, 5.74) is 2.39. The second-order valence-electron chi connectivity index (χ2n) is 6.79. The molecule has 1 saturated heterocycles. The predicted octanol–water partition coefficient (Wildman–Crippen LogP) is 1.83. The van der Waals surface area contributed by atoms with Crippen molar-refractivity contribution >= 4 is 17.7 Å². The van der Waals surface area contributed by atoms with Crippen LogP contribution in [0, 0.1) is 18.8 Å². The van der Waals surface area contributed by atoms with Crippen LogP contribution in [0.3, 0.4) is 0 Å². The van der Waals surface area contributed by atoms with Crippen LogP contribution in [0.25, 0.3) is 0 Å². The van der Waals surface area contributed by atoms with Gasteiger partial charge in [0.1, 0.15) is 6.54 Å². The predicted molar refractivity (Wildman–Crippen MR) is 90.1 cm³/mol. The monoisotopic (exact) mass is 328 g/mol. The van der Waals surface area contributed by atoms with Gasteiger partial charge in [-0.25, -0.2) is 0 Å². The van der Waals surface area contributed by atoms with Crippen LogP contribution in [0.15, 0.2) is 24.3 Å².